The summed E-state index contributed by atoms with van der Waals surface area (Å²) in [6.07, 6.45) is 18.9. The molecule has 0 spiro atoms. The minimum absolute atomic E-state index is 0.189. The third-order valence-corrected chi connectivity index (χ3v) is 9.95. The van der Waals surface area contributed by atoms with E-state index in [1.807, 2.05) is 13.0 Å². The van der Waals surface area contributed by atoms with E-state index in [4.69, 9.17) is 0 Å². The third kappa shape index (κ3) is 10.4. The lowest BCUT2D eigenvalue weighted by molar-refractivity contribution is 0.466. The molecule has 0 aliphatic rings. The van der Waals surface area contributed by atoms with E-state index < -0.39 is 30.0 Å². The first-order valence-corrected chi connectivity index (χ1v) is 18.5. The molecule has 40 heavy (non-hydrogen) atoms. The van der Waals surface area contributed by atoms with Crippen molar-refractivity contribution >= 4 is 31.0 Å². The predicted molar refractivity (Wildman–Crippen MR) is 166 cm³/mol. The Bertz CT molecular complexity index is 1270. The van der Waals surface area contributed by atoms with Crippen LogP contribution < -0.4 is 0 Å². The molecule has 2 aromatic rings. The standard InChI is InChI=1S/C32H52O6S2/c1-4-7-10-12-14-16-18-21-26-22-20-25-29-30(26)27(24-19-17-15-13-11-8-5-2)28(23-9-6-3)31(39(33,34)35)32(29)40(36,37)38/h20,22,25H,4-19,21,23-24H2,1-3H3,(H,33,34,35)(H,36,37,38). The lowest BCUT2D eigenvalue weighted by Gasteiger charge is -2.22. The molecular formula is C32H52O6S2. The van der Waals surface area contributed by atoms with Gasteiger partial charge in [0.1, 0.15) is 9.79 Å². The van der Waals surface area contributed by atoms with Gasteiger partial charge in [0.2, 0.25) is 0 Å². The molecule has 0 aliphatic heterocycles. The molecule has 0 bridgehead atoms. The van der Waals surface area contributed by atoms with Gasteiger partial charge < -0.3 is 0 Å². The summed E-state index contributed by atoms with van der Waals surface area (Å²) in [5.41, 5.74) is 2.14. The van der Waals surface area contributed by atoms with Crippen molar-refractivity contribution in [1.29, 1.82) is 0 Å². The molecule has 0 fully saturated rings. The van der Waals surface area contributed by atoms with Crippen molar-refractivity contribution in [2.75, 3.05) is 0 Å². The molecule has 0 amide bonds. The van der Waals surface area contributed by atoms with Crippen molar-refractivity contribution in [1.82, 2.24) is 0 Å². The van der Waals surface area contributed by atoms with Gasteiger partial charge in [-0.25, -0.2) is 0 Å². The number of rotatable bonds is 21. The Morgan fingerprint density at radius 1 is 0.525 bits per heavy atom. The molecule has 0 heterocycles. The summed E-state index contributed by atoms with van der Waals surface area (Å²) in [6, 6.07) is 5.29. The largest absolute Gasteiger partial charge is 0.296 e. The van der Waals surface area contributed by atoms with E-state index in [9.17, 15) is 25.9 Å². The molecule has 0 unspecified atom stereocenters. The summed E-state index contributed by atoms with van der Waals surface area (Å²) >= 11 is 0. The second-order valence-corrected chi connectivity index (χ2v) is 14.0. The molecule has 2 N–H and O–H groups in total. The maximum absolute atomic E-state index is 12.7. The van der Waals surface area contributed by atoms with Gasteiger partial charge in [-0.15, -0.1) is 0 Å². The Balaban J connectivity index is 2.62. The molecule has 6 nitrogen and oxygen atoms in total. The van der Waals surface area contributed by atoms with Gasteiger partial charge in [-0.1, -0.05) is 122 Å². The van der Waals surface area contributed by atoms with Crippen LogP contribution in [0.3, 0.4) is 0 Å². The van der Waals surface area contributed by atoms with Crippen molar-refractivity contribution in [2.24, 2.45) is 0 Å². The molecular weight excluding hydrogens is 544 g/mol. The summed E-state index contributed by atoms with van der Waals surface area (Å²) in [7, 11) is -9.86. The zero-order chi connectivity index (χ0) is 29.6. The smallest absolute Gasteiger partial charge is 0.282 e. The normalized spacial score (nSPS) is 12.4. The minimum Gasteiger partial charge on any atom is -0.282 e. The second-order valence-electron chi connectivity index (χ2n) is 11.3. The fourth-order valence-corrected chi connectivity index (χ4v) is 8.17. The first-order valence-electron chi connectivity index (χ1n) is 15.6. The van der Waals surface area contributed by atoms with Gasteiger partial charge >= 0.3 is 0 Å². The highest BCUT2D eigenvalue weighted by atomic mass is 32.2. The number of unbranched alkanes of at least 4 members (excludes halogenated alkanes) is 13. The van der Waals surface area contributed by atoms with Crippen molar-refractivity contribution in [3.63, 3.8) is 0 Å². The molecule has 0 saturated carbocycles. The molecule has 8 heteroatoms. The van der Waals surface area contributed by atoms with Crippen LogP contribution in [0.5, 0.6) is 0 Å². The van der Waals surface area contributed by atoms with Crippen LogP contribution in [0.2, 0.25) is 0 Å². The summed E-state index contributed by atoms with van der Waals surface area (Å²) in [6.45, 7) is 6.38. The van der Waals surface area contributed by atoms with Crippen LogP contribution in [-0.4, -0.2) is 25.9 Å². The quantitative estimate of drug-likeness (QED) is 0.110. The zero-order valence-electron chi connectivity index (χ0n) is 25.0. The van der Waals surface area contributed by atoms with E-state index in [0.29, 0.717) is 24.8 Å². The van der Waals surface area contributed by atoms with Gasteiger partial charge in [0.25, 0.3) is 20.2 Å². The van der Waals surface area contributed by atoms with Crippen LogP contribution in [0.1, 0.15) is 140 Å². The van der Waals surface area contributed by atoms with E-state index in [0.717, 1.165) is 67.9 Å². The Morgan fingerprint density at radius 3 is 1.48 bits per heavy atom. The molecule has 0 aliphatic carbocycles. The second kappa shape index (κ2) is 17.5. The monoisotopic (exact) mass is 596 g/mol. The Morgan fingerprint density at radius 2 is 0.975 bits per heavy atom. The molecule has 0 saturated heterocycles. The maximum Gasteiger partial charge on any atom is 0.296 e. The number of fused-ring (bicyclic) bond motifs is 1. The summed E-state index contributed by atoms with van der Waals surface area (Å²) in [4.78, 5) is -1.32. The van der Waals surface area contributed by atoms with Crippen LogP contribution in [-0.2, 0) is 39.5 Å². The lowest BCUT2D eigenvalue weighted by atomic mass is 9.88. The molecule has 2 rings (SSSR count). The van der Waals surface area contributed by atoms with Gasteiger partial charge in [-0.3, -0.25) is 9.11 Å². The average molecular weight is 597 g/mol. The van der Waals surface area contributed by atoms with Gasteiger partial charge in [0.05, 0.1) is 0 Å². The summed E-state index contributed by atoms with van der Waals surface area (Å²) in [5.74, 6) is 0. The summed E-state index contributed by atoms with van der Waals surface area (Å²) in [5, 5.41) is 0.930. The van der Waals surface area contributed by atoms with Crippen LogP contribution in [0, 0.1) is 0 Å². The zero-order valence-corrected chi connectivity index (χ0v) is 26.6. The highest BCUT2D eigenvalue weighted by Gasteiger charge is 2.33. The van der Waals surface area contributed by atoms with E-state index >= 15 is 0 Å². The number of hydrogen-bond acceptors (Lipinski definition) is 4. The third-order valence-electron chi connectivity index (χ3n) is 7.92. The van der Waals surface area contributed by atoms with Gasteiger partial charge in [-0.05, 0) is 60.6 Å². The van der Waals surface area contributed by atoms with E-state index in [1.54, 1.807) is 12.1 Å². The Hall–Kier alpha value is -1.48. The molecule has 0 radical (unpaired) electrons. The SMILES string of the molecule is CCCCCCCCCc1cccc2c(S(=O)(=O)O)c(S(=O)(=O)O)c(CCCC)c(CCCCCCCCC)c12. The van der Waals surface area contributed by atoms with Crippen molar-refractivity contribution in [3.05, 3.63) is 34.9 Å². The van der Waals surface area contributed by atoms with E-state index in [-0.39, 0.29) is 5.39 Å². The molecule has 0 atom stereocenters. The first kappa shape index (κ1) is 34.7. The van der Waals surface area contributed by atoms with Gasteiger partial charge in [-0.2, -0.15) is 16.8 Å². The Kier molecular flexibility index (Phi) is 15.2. The highest BCUT2D eigenvalue weighted by molar-refractivity contribution is 7.89. The van der Waals surface area contributed by atoms with Crippen LogP contribution in [0.25, 0.3) is 10.8 Å². The number of benzene rings is 2. The van der Waals surface area contributed by atoms with Crippen molar-refractivity contribution in [3.8, 4) is 0 Å². The van der Waals surface area contributed by atoms with E-state index in [1.165, 1.54) is 51.4 Å². The number of hydrogen-bond donors (Lipinski definition) is 2. The minimum atomic E-state index is -4.94. The predicted octanol–water partition coefficient (Wildman–Crippen LogP) is 9.26. The lowest BCUT2D eigenvalue weighted by Crippen LogP contribution is -2.16. The Labute approximate surface area is 243 Å². The molecule has 0 aromatic heterocycles. The van der Waals surface area contributed by atoms with Crippen LogP contribution in [0.4, 0.5) is 0 Å². The van der Waals surface area contributed by atoms with Crippen LogP contribution in [0.15, 0.2) is 28.0 Å². The first-order chi connectivity index (χ1) is 19.1. The maximum atomic E-state index is 12.7. The number of aryl methyl sites for hydroxylation is 2. The fraction of sp³-hybridized carbons (Fsp3) is 0.688. The van der Waals surface area contributed by atoms with Gasteiger partial charge in [0, 0.05) is 5.39 Å². The van der Waals surface area contributed by atoms with Crippen molar-refractivity contribution in [2.45, 2.75) is 153 Å². The van der Waals surface area contributed by atoms with Crippen molar-refractivity contribution < 1.29 is 25.9 Å². The van der Waals surface area contributed by atoms with Crippen LogP contribution >= 0.6 is 0 Å². The topological polar surface area (TPSA) is 109 Å². The fourth-order valence-electron chi connectivity index (χ4n) is 5.86. The molecule has 228 valence electrons. The summed E-state index contributed by atoms with van der Waals surface area (Å²) < 4.78 is 71.5. The average Bonchev–Trinajstić information content (AvgIpc) is 2.89. The molecule has 2 aromatic carbocycles. The highest BCUT2D eigenvalue weighted by Crippen LogP contribution is 2.40. The van der Waals surface area contributed by atoms with E-state index in [2.05, 4.69) is 13.8 Å². The van der Waals surface area contributed by atoms with Gasteiger partial charge in [0.15, 0.2) is 0 Å².